The summed E-state index contributed by atoms with van der Waals surface area (Å²) in [7, 11) is 0. The van der Waals surface area contributed by atoms with Crippen molar-refractivity contribution in [3.63, 3.8) is 0 Å². The van der Waals surface area contributed by atoms with Gasteiger partial charge in [0.2, 0.25) is 0 Å². The van der Waals surface area contributed by atoms with Crippen molar-refractivity contribution in [3.8, 4) is 5.75 Å². The fourth-order valence-corrected chi connectivity index (χ4v) is 3.35. The van der Waals surface area contributed by atoms with Gasteiger partial charge in [0.15, 0.2) is 0 Å². The summed E-state index contributed by atoms with van der Waals surface area (Å²) < 4.78 is 5.59. The third kappa shape index (κ3) is 3.55. The van der Waals surface area contributed by atoms with Crippen molar-refractivity contribution in [3.05, 3.63) is 89.5 Å². The van der Waals surface area contributed by atoms with E-state index in [9.17, 15) is 14.4 Å². The highest BCUT2D eigenvalue weighted by Crippen LogP contribution is 2.33. The Kier molecular flexibility index (Phi) is 5.06. The predicted octanol–water partition coefficient (Wildman–Crippen LogP) is 4.53. The van der Waals surface area contributed by atoms with E-state index in [1.54, 1.807) is 66.7 Å². The summed E-state index contributed by atoms with van der Waals surface area (Å²) >= 11 is 0. The van der Waals surface area contributed by atoms with Crippen molar-refractivity contribution >= 4 is 29.1 Å². The van der Waals surface area contributed by atoms with E-state index in [1.165, 1.54) is 0 Å². The van der Waals surface area contributed by atoms with Gasteiger partial charge in [0.1, 0.15) is 5.75 Å². The van der Waals surface area contributed by atoms with Crippen LogP contribution in [-0.2, 0) is 0 Å². The average molecular weight is 400 g/mol. The first kappa shape index (κ1) is 19.4. The first-order valence-electron chi connectivity index (χ1n) is 9.60. The standard InChI is InChI=1S/C24H20N2O4/c1-15(2)30-18-13-11-16(12-14-18)22(27)25-20-10-6-9-19-21(20)24(29)26(23(19)28)17-7-4-3-5-8-17/h3-15H,1-2H3,(H,25,27). The number of imide groups is 1. The summed E-state index contributed by atoms with van der Waals surface area (Å²) in [6.07, 6.45) is 0.0349. The molecule has 1 heterocycles. The molecule has 0 unspecified atom stereocenters. The van der Waals surface area contributed by atoms with Crippen LogP contribution in [0.1, 0.15) is 44.9 Å². The maximum Gasteiger partial charge on any atom is 0.268 e. The zero-order valence-electron chi connectivity index (χ0n) is 16.6. The number of hydrogen-bond acceptors (Lipinski definition) is 4. The second kappa shape index (κ2) is 7.83. The van der Waals surface area contributed by atoms with Crippen molar-refractivity contribution in [2.24, 2.45) is 0 Å². The molecule has 3 aromatic rings. The lowest BCUT2D eigenvalue weighted by molar-refractivity contribution is 0.0926. The number of nitrogens with zero attached hydrogens (tertiary/aromatic N) is 1. The molecule has 1 N–H and O–H groups in total. The minimum Gasteiger partial charge on any atom is -0.491 e. The smallest absolute Gasteiger partial charge is 0.268 e. The quantitative estimate of drug-likeness (QED) is 0.639. The number of ether oxygens (including phenoxy) is 1. The molecule has 0 fully saturated rings. The Balaban J connectivity index is 1.60. The topological polar surface area (TPSA) is 75.7 Å². The minimum atomic E-state index is -0.460. The Bertz CT molecular complexity index is 1120. The van der Waals surface area contributed by atoms with E-state index in [4.69, 9.17) is 4.74 Å². The van der Waals surface area contributed by atoms with Crippen molar-refractivity contribution < 1.29 is 19.1 Å². The van der Waals surface area contributed by atoms with Crippen LogP contribution in [0.5, 0.6) is 5.75 Å². The fraction of sp³-hybridized carbons (Fsp3) is 0.125. The molecule has 150 valence electrons. The molecule has 0 saturated carbocycles. The van der Waals surface area contributed by atoms with Gasteiger partial charge in [-0.15, -0.1) is 0 Å². The van der Waals surface area contributed by atoms with Crippen LogP contribution in [0.4, 0.5) is 11.4 Å². The molecular weight excluding hydrogens is 380 g/mol. The van der Waals surface area contributed by atoms with Gasteiger partial charge >= 0.3 is 0 Å². The first-order valence-corrected chi connectivity index (χ1v) is 9.60. The van der Waals surface area contributed by atoms with Gasteiger partial charge in [-0.1, -0.05) is 24.3 Å². The highest BCUT2D eigenvalue weighted by Gasteiger charge is 2.38. The van der Waals surface area contributed by atoms with E-state index >= 15 is 0 Å². The van der Waals surface area contributed by atoms with E-state index in [1.807, 2.05) is 19.9 Å². The molecule has 0 saturated heterocycles. The van der Waals surface area contributed by atoms with Gasteiger partial charge in [0, 0.05) is 5.56 Å². The van der Waals surface area contributed by atoms with Gasteiger partial charge in [-0.05, 0) is 62.4 Å². The van der Waals surface area contributed by atoms with Crippen LogP contribution in [0.3, 0.4) is 0 Å². The zero-order valence-corrected chi connectivity index (χ0v) is 16.6. The predicted molar refractivity (Wildman–Crippen MR) is 114 cm³/mol. The number of rotatable bonds is 5. The lowest BCUT2D eigenvalue weighted by atomic mass is 10.1. The molecule has 0 spiro atoms. The molecule has 0 radical (unpaired) electrons. The number of fused-ring (bicyclic) bond motifs is 1. The summed E-state index contributed by atoms with van der Waals surface area (Å²) in [5.41, 5.74) is 1.67. The number of amides is 3. The Hall–Kier alpha value is -3.93. The van der Waals surface area contributed by atoms with Crippen LogP contribution in [0.2, 0.25) is 0 Å². The molecule has 1 aliphatic rings. The maximum atomic E-state index is 13.0. The van der Waals surface area contributed by atoms with Crippen LogP contribution in [0, 0.1) is 0 Å². The molecule has 0 aromatic heterocycles. The van der Waals surface area contributed by atoms with Crippen molar-refractivity contribution in [2.75, 3.05) is 10.2 Å². The van der Waals surface area contributed by atoms with E-state index in [-0.39, 0.29) is 23.1 Å². The molecule has 3 amide bonds. The molecule has 6 nitrogen and oxygen atoms in total. The van der Waals surface area contributed by atoms with Crippen molar-refractivity contribution in [2.45, 2.75) is 20.0 Å². The summed E-state index contributed by atoms with van der Waals surface area (Å²) in [4.78, 5) is 39.7. The highest BCUT2D eigenvalue weighted by atomic mass is 16.5. The van der Waals surface area contributed by atoms with E-state index in [0.717, 1.165) is 4.90 Å². The third-order valence-corrected chi connectivity index (χ3v) is 4.67. The largest absolute Gasteiger partial charge is 0.491 e. The molecule has 1 aliphatic heterocycles. The van der Waals surface area contributed by atoms with Crippen LogP contribution < -0.4 is 15.0 Å². The minimum absolute atomic E-state index is 0.0349. The second-order valence-electron chi connectivity index (χ2n) is 7.15. The fourth-order valence-electron chi connectivity index (χ4n) is 3.35. The Morgan fingerprint density at radius 3 is 2.23 bits per heavy atom. The number of nitrogens with one attached hydrogen (secondary N) is 1. The van der Waals surface area contributed by atoms with Gasteiger partial charge < -0.3 is 10.1 Å². The molecule has 6 heteroatoms. The van der Waals surface area contributed by atoms with Gasteiger partial charge in [0.25, 0.3) is 17.7 Å². The Morgan fingerprint density at radius 2 is 1.57 bits per heavy atom. The number of carbonyl (C=O) groups excluding carboxylic acids is 3. The number of benzene rings is 3. The van der Waals surface area contributed by atoms with Gasteiger partial charge in [-0.3, -0.25) is 14.4 Å². The van der Waals surface area contributed by atoms with Gasteiger partial charge in [-0.2, -0.15) is 0 Å². The van der Waals surface area contributed by atoms with E-state index in [2.05, 4.69) is 5.32 Å². The van der Waals surface area contributed by atoms with Crippen LogP contribution in [0.15, 0.2) is 72.8 Å². The molecule has 4 rings (SSSR count). The average Bonchev–Trinajstić information content (AvgIpc) is 3.00. The van der Waals surface area contributed by atoms with Crippen LogP contribution >= 0.6 is 0 Å². The molecular formula is C24H20N2O4. The first-order chi connectivity index (χ1) is 14.5. The normalized spacial score (nSPS) is 12.8. The number of hydrogen-bond donors (Lipinski definition) is 1. The molecule has 3 aromatic carbocycles. The molecule has 0 atom stereocenters. The lowest BCUT2D eigenvalue weighted by Gasteiger charge is -2.14. The molecule has 0 aliphatic carbocycles. The van der Waals surface area contributed by atoms with Crippen molar-refractivity contribution in [1.82, 2.24) is 0 Å². The van der Waals surface area contributed by atoms with Crippen LogP contribution in [-0.4, -0.2) is 23.8 Å². The zero-order chi connectivity index (χ0) is 21.3. The number of carbonyl (C=O) groups is 3. The van der Waals surface area contributed by atoms with Gasteiger partial charge in [0.05, 0.1) is 28.6 Å². The number of para-hydroxylation sites is 1. The SMILES string of the molecule is CC(C)Oc1ccc(C(=O)Nc2cccc3c2C(=O)N(c2ccccc2)C3=O)cc1. The maximum absolute atomic E-state index is 13.0. The van der Waals surface area contributed by atoms with Crippen LogP contribution in [0.25, 0.3) is 0 Å². The summed E-state index contributed by atoms with van der Waals surface area (Å²) in [5.74, 6) is -0.579. The molecule has 0 bridgehead atoms. The van der Waals surface area contributed by atoms with E-state index in [0.29, 0.717) is 22.7 Å². The van der Waals surface area contributed by atoms with Gasteiger partial charge in [-0.25, -0.2) is 4.90 Å². The Labute approximate surface area is 174 Å². The monoisotopic (exact) mass is 400 g/mol. The third-order valence-electron chi connectivity index (χ3n) is 4.67. The summed E-state index contributed by atoms with van der Waals surface area (Å²) in [6.45, 7) is 3.85. The highest BCUT2D eigenvalue weighted by molar-refractivity contribution is 6.36. The number of anilines is 2. The Morgan fingerprint density at radius 1 is 0.867 bits per heavy atom. The summed E-state index contributed by atoms with van der Waals surface area (Å²) in [6, 6.07) is 20.3. The van der Waals surface area contributed by atoms with E-state index < -0.39 is 11.8 Å². The molecule has 30 heavy (non-hydrogen) atoms. The second-order valence-corrected chi connectivity index (χ2v) is 7.15. The van der Waals surface area contributed by atoms with Crippen molar-refractivity contribution in [1.29, 1.82) is 0 Å². The lowest BCUT2D eigenvalue weighted by Crippen LogP contribution is -2.29. The summed E-state index contributed by atoms with van der Waals surface area (Å²) in [5, 5.41) is 2.76.